The summed E-state index contributed by atoms with van der Waals surface area (Å²) >= 11 is 0. The van der Waals surface area contributed by atoms with Gasteiger partial charge in [0.1, 0.15) is 5.60 Å². The maximum atomic E-state index is 11.4. The third-order valence-corrected chi connectivity index (χ3v) is 1.77. The van der Waals surface area contributed by atoms with Gasteiger partial charge in [0.15, 0.2) is 0 Å². The predicted octanol–water partition coefficient (Wildman–Crippen LogP) is 0.189. The Morgan fingerprint density at radius 3 is 1.83 bits per heavy atom. The molecule has 0 aliphatic heterocycles. The number of hydrogen-bond acceptors (Lipinski definition) is 5. The molecule has 0 rings (SSSR count). The van der Waals surface area contributed by atoms with Crippen LogP contribution in [0.3, 0.4) is 0 Å². The Bertz CT molecular complexity index is 304. The van der Waals surface area contributed by atoms with Crippen LogP contribution in [-0.2, 0) is 19.1 Å². The number of ether oxygens (including phenoxy) is 1. The van der Waals surface area contributed by atoms with E-state index in [2.05, 4.69) is 0 Å². The fourth-order valence-electron chi connectivity index (χ4n) is 1.24. The quantitative estimate of drug-likeness (QED) is 0.630. The van der Waals surface area contributed by atoms with Crippen molar-refractivity contribution in [3.63, 3.8) is 0 Å². The summed E-state index contributed by atoms with van der Waals surface area (Å²) in [5, 5.41) is 17.2. The Labute approximate surface area is 105 Å². The second kappa shape index (κ2) is 6.95. The smallest absolute Gasteiger partial charge is 0.317 e. The zero-order valence-electron chi connectivity index (χ0n) is 10.8. The number of nitrogens with zero attached hydrogens (tertiary/aromatic N) is 1. The number of hydrogen-bond donors (Lipinski definition) is 2. The molecule has 2 N–H and O–H groups in total. The summed E-state index contributed by atoms with van der Waals surface area (Å²) in [6.45, 7) is 4.35. The Balaban J connectivity index is 4.21. The highest BCUT2D eigenvalue weighted by Gasteiger charge is 2.19. The number of carbonyl (C=O) groups is 3. The van der Waals surface area contributed by atoms with Crippen molar-refractivity contribution in [2.24, 2.45) is 0 Å². The fraction of sp³-hybridized carbons (Fsp3) is 0.727. The summed E-state index contributed by atoms with van der Waals surface area (Å²) in [5.41, 5.74) is -0.610. The lowest BCUT2D eigenvalue weighted by Gasteiger charge is -2.21. The standard InChI is InChI=1S/C11H19NO6/c1-11(2,3)18-10(17)4-5-12(6-8(13)14)7-9(15)16/h4-7H2,1-3H3,(H,13,14)(H,15,16). The van der Waals surface area contributed by atoms with Crippen molar-refractivity contribution in [1.82, 2.24) is 4.90 Å². The van der Waals surface area contributed by atoms with Crippen LogP contribution in [0, 0.1) is 0 Å². The van der Waals surface area contributed by atoms with E-state index in [1.165, 1.54) is 0 Å². The Morgan fingerprint density at radius 1 is 1.06 bits per heavy atom. The monoisotopic (exact) mass is 261 g/mol. The van der Waals surface area contributed by atoms with Crippen LogP contribution in [0.2, 0.25) is 0 Å². The van der Waals surface area contributed by atoms with E-state index in [-0.39, 0.29) is 13.0 Å². The minimum Gasteiger partial charge on any atom is -0.480 e. The Kier molecular flexibility index (Phi) is 6.32. The third kappa shape index (κ3) is 9.59. The van der Waals surface area contributed by atoms with Gasteiger partial charge in [0.2, 0.25) is 0 Å². The van der Waals surface area contributed by atoms with Crippen LogP contribution in [0.5, 0.6) is 0 Å². The molecule has 0 spiro atoms. The minimum atomic E-state index is -1.14. The number of carbonyl (C=O) groups excluding carboxylic acids is 1. The lowest BCUT2D eigenvalue weighted by molar-refractivity contribution is -0.156. The lowest BCUT2D eigenvalue weighted by Crippen LogP contribution is -2.36. The molecule has 0 bridgehead atoms. The van der Waals surface area contributed by atoms with Crippen LogP contribution in [0.25, 0.3) is 0 Å². The first-order chi connectivity index (χ1) is 8.10. The molecule has 104 valence electrons. The van der Waals surface area contributed by atoms with Crippen molar-refractivity contribution >= 4 is 17.9 Å². The highest BCUT2D eigenvalue weighted by Crippen LogP contribution is 2.08. The zero-order chi connectivity index (χ0) is 14.3. The van der Waals surface area contributed by atoms with Crippen LogP contribution in [0.1, 0.15) is 27.2 Å². The highest BCUT2D eigenvalue weighted by atomic mass is 16.6. The second-order valence-electron chi connectivity index (χ2n) is 4.83. The first-order valence-corrected chi connectivity index (χ1v) is 5.48. The molecule has 0 saturated heterocycles. The van der Waals surface area contributed by atoms with E-state index in [1.807, 2.05) is 0 Å². The van der Waals surface area contributed by atoms with Gasteiger partial charge in [-0.2, -0.15) is 0 Å². The molecule has 0 aliphatic rings. The first kappa shape index (κ1) is 16.4. The molecule has 7 nitrogen and oxygen atoms in total. The molecule has 18 heavy (non-hydrogen) atoms. The summed E-state index contributed by atoms with van der Waals surface area (Å²) < 4.78 is 5.04. The molecular formula is C11H19NO6. The third-order valence-electron chi connectivity index (χ3n) is 1.77. The molecule has 0 unspecified atom stereocenters. The summed E-state index contributed by atoms with van der Waals surface area (Å²) in [6, 6.07) is 0. The summed E-state index contributed by atoms with van der Waals surface area (Å²) in [6.07, 6.45) is -0.0438. The van der Waals surface area contributed by atoms with Crippen LogP contribution in [0.15, 0.2) is 0 Å². The van der Waals surface area contributed by atoms with Crippen molar-refractivity contribution in [2.75, 3.05) is 19.6 Å². The van der Waals surface area contributed by atoms with E-state index in [1.54, 1.807) is 20.8 Å². The summed E-state index contributed by atoms with van der Waals surface area (Å²) in [5.74, 6) is -2.76. The first-order valence-electron chi connectivity index (χ1n) is 5.48. The number of esters is 1. The number of carboxylic acid groups (broad SMARTS) is 2. The van der Waals surface area contributed by atoms with Gasteiger partial charge in [-0.05, 0) is 20.8 Å². The van der Waals surface area contributed by atoms with Gasteiger partial charge in [0.05, 0.1) is 19.5 Å². The zero-order valence-corrected chi connectivity index (χ0v) is 10.8. The minimum absolute atomic E-state index is 0.0352. The molecular weight excluding hydrogens is 242 g/mol. The molecule has 0 radical (unpaired) electrons. The molecule has 0 amide bonds. The number of aliphatic carboxylic acids is 2. The molecule has 0 atom stereocenters. The maximum Gasteiger partial charge on any atom is 0.317 e. The van der Waals surface area contributed by atoms with E-state index < -0.39 is 36.6 Å². The van der Waals surface area contributed by atoms with Gasteiger partial charge in [0, 0.05) is 6.54 Å². The molecule has 0 aliphatic carbocycles. The SMILES string of the molecule is CC(C)(C)OC(=O)CCN(CC(=O)O)CC(=O)O. The topological polar surface area (TPSA) is 104 Å². The maximum absolute atomic E-state index is 11.4. The second-order valence-corrected chi connectivity index (χ2v) is 4.83. The summed E-state index contributed by atoms with van der Waals surface area (Å²) in [4.78, 5) is 33.6. The molecule has 7 heteroatoms. The average Bonchev–Trinajstić information content (AvgIpc) is 2.09. The predicted molar refractivity (Wildman–Crippen MR) is 62.2 cm³/mol. The molecule has 0 aromatic rings. The van der Waals surface area contributed by atoms with Gasteiger partial charge in [-0.15, -0.1) is 0 Å². The fourth-order valence-corrected chi connectivity index (χ4v) is 1.24. The average molecular weight is 261 g/mol. The van der Waals surface area contributed by atoms with Gasteiger partial charge >= 0.3 is 17.9 Å². The van der Waals surface area contributed by atoms with Crippen molar-refractivity contribution in [3.8, 4) is 0 Å². The van der Waals surface area contributed by atoms with E-state index in [4.69, 9.17) is 14.9 Å². The highest BCUT2D eigenvalue weighted by molar-refractivity contribution is 5.73. The van der Waals surface area contributed by atoms with Crippen molar-refractivity contribution in [2.45, 2.75) is 32.8 Å². The molecule has 0 saturated carbocycles. The molecule has 0 fully saturated rings. The Hall–Kier alpha value is -1.63. The lowest BCUT2D eigenvalue weighted by atomic mass is 10.2. The van der Waals surface area contributed by atoms with Gasteiger partial charge < -0.3 is 14.9 Å². The van der Waals surface area contributed by atoms with E-state index in [0.717, 1.165) is 4.90 Å². The van der Waals surface area contributed by atoms with Crippen molar-refractivity contribution < 1.29 is 29.3 Å². The molecule has 0 aromatic carbocycles. The van der Waals surface area contributed by atoms with Crippen LogP contribution in [0.4, 0.5) is 0 Å². The van der Waals surface area contributed by atoms with Crippen LogP contribution < -0.4 is 0 Å². The van der Waals surface area contributed by atoms with Crippen LogP contribution >= 0.6 is 0 Å². The van der Waals surface area contributed by atoms with Crippen molar-refractivity contribution in [3.05, 3.63) is 0 Å². The normalized spacial score (nSPS) is 11.3. The summed E-state index contributed by atoms with van der Waals surface area (Å²) in [7, 11) is 0. The van der Waals surface area contributed by atoms with Gasteiger partial charge in [-0.3, -0.25) is 19.3 Å². The molecule has 0 aromatic heterocycles. The van der Waals surface area contributed by atoms with E-state index in [0.29, 0.717) is 0 Å². The van der Waals surface area contributed by atoms with Gasteiger partial charge in [-0.1, -0.05) is 0 Å². The van der Waals surface area contributed by atoms with Crippen molar-refractivity contribution in [1.29, 1.82) is 0 Å². The molecule has 0 heterocycles. The van der Waals surface area contributed by atoms with Gasteiger partial charge in [0.25, 0.3) is 0 Å². The largest absolute Gasteiger partial charge is 0.480 e. The van der Waals surface area contributed by atoms with E-state index >= 15 is 0 Å². The van der Waals surface area contributed by atoms with E-state index in [9.17, 15) is 14.4 Å². The Morgan fingerprint density at radius 2 is 1.50 bits per heavy atom. The number of rotatable bonds is 7. The number of carboxylic acids is 2. The van der Waals surface area contributed by atoms with Gasteiger partial charge in [-0.25, -0.2) is 0 Å². The van der Waals surface area contributed by atoms with Crippen LogP contribution in [-0.4, -0.2) is 58.3 Å².